The Balaban J connectivity index is 0.000000151. The molecule has 0 aromatic carbocycles. The number of carboxylic acids is 1. The van der Waals surface area contributed by atoms with E-state index in [9.17, 15) is 4.79 Å². The molecule has 0 aromatic rings. The average molecular weight is 209 g/mol. The first-order valence-corrected chi connectivity index (χ1v) is 5.54. The van der Waals surface area contributed by atoms with Crippen molar-refractivity contribution in [1.29, 1.82) is 0 Å². The van der Waals surface area contributed by atoms with Crippen LogP contribution in [0.1, 0.15) is 32.6 Å². The lowest BCUT2D eigenvalue weighted by Gasteiger charge is -1.99. The van der Waals surface area contributed by atoms with E-state index in [0.29, 0.717) is 0 Å². The van der Waals surface area contributed by atoms with Crippen LogP contribution in [-0.4, -0.2) is 23.7 Å². The molecule has 0 radical (unpaired) electrons. The van der Waals surface area contributed by atoms with Crippen molar-refractivity contribution < 1.29 is 9.90 Å². The van der Waals surface area contributed by atoms with Gasteiger partial charge in [0.25, 0.3) is 0 Å². The van der Waals surface area contributed by atoms with Crippen LogP contribution in [0.2, 0.25) is 0 Å². The van der Waals surface area contributed by atoms with Crippen LogP contribution in [0.5, 0.6) is 0 Å². The van der Waals surface area contributed by atoms with Crippen LogP contribution in [0, 0.1) is 0 Å². The highest BCUT2D eigenvalue weighted by Gasteiger charge is 2.20. The van der Waals surface area contributed by atoms with Gasteiger partial charge in [-0.25, -0.2) is 0 Å². The number of carboxylic acid groups (broad SMARTS) is 1. The van der Waals surface area contributed by atoms with Gasteiger partial charge in [-0.15, -0.1) is 0 Å². The second-order valence-corrected chi connectivity index (χ2v) is 3.80. The van der Waals surface area contributed by atoms with Crippen LogP contribution < -0.4 is 5.32 Å². The number of hydrogen-bond acceptors (Lipinski definition) is 2. The van der Waals surface area contributed by atoms with E-state index >= 15 is 0 Å². The molecule has 1 fully saturated rings. The van der Waals surface area contributed by atoms with Crippen LogP contribution in [0.15, 0.2) is 23.8 Å². The number of nitrogens with one attached hydrogen (secondary N) is 1. The fourth-order valence-electron chi connectivity index (χ4n) is 1.65. The zero-order chi connectivity index (χ0) is 11.1. The van der Waals surface area contributed by atoms with E-state index in [1.54, 1.807) is 5.57 Å². The summed E-state index contributed by atoms with van der Waals surface area (Å²) in [5.41, 5.74) is 1.56. The Hall–Kier alpha value is -1.09. The topological polar surface area (TPSA) is 49.3 Å². The molecule has 84 valence electrons. The minimum absolute atomic E-state index is 0.269. The monoisotopic (exact) mass is 209 g/mol. The zero-order valence-electron chi connectivity index (χ0n) is 9.20. The third-order valence-electron chi connectivity index (χ3n) is 2.66. The predicted octanol–water partition coefficient (Wildman–Crippen LogP) is 2.11. The summed E-state index contributed by atoms with van der Waals surface area (Å²) in [7, 11) is 0. The number of hydrogen-bond donors (Lipinski definition) is 2. The van der Waals surface area contributed by atoms with Crippen molar-refractivity contribution in [2.45, 2.75) is 38.6 Å². The maximum absolute atomic E-state index is 10.1. The number of carbonyl (C=O) groups is 1. The average Bonchev–Trinajstić information content (AvgIpc) is 2.92. The Labute approximate surface area is 90.9 Å². The largest absolute Gasteiger partial charge is 0.480 e. The summed E-state index contributed by atoms with van der Waals surface area (Å²) in [4.78, 5) is 10.1. The molecular weight excluding hydrogens is 190 g/mol. The lowest BCUT2D eigenvalue weighted by atomic mass is 10.2. The lowest BCUT2D eigenvalue weighted by Crippen LogP contribution is -2.29. The molecule has 2 aliphatic rings. The summed E-state index contributed by atoms with van der Waals surface area (Å²) in [5.74, 6) is -0.720. The van der Waals surface area contributed by atoms with Crippen molar-refractivity contribution in [2.24, 2.45) is 0 Å². The van der Waals surface area contributed by atoms with Gasteiger partial charge in [-0.1, -0.05) is 30.7 Å². The second kappa shape index (κ2) is 6.40. The van der Waals surface area contributed by atoms with Gasteiger partial charge >= 0.3 is 5.97 Å². The number of rotatable bonds is 2. The second-order valence-electron chi connectivity index (χ2n) is 3.80. The Morgan fingerprint density at radius 3 is 2.73 bits per heavy atom. The summed E-state index contributed by atoms with van der Waals surface area (Å²) in [6, 6.07) is -0.269. The van der Waals surface area contributed by atoms with E-state index in [4.69, 9.17) is 5.11 Å². The molecule has 3 nitrogen and oxygen atoms in total. The van der Waals surface area contributed by atoms with Crippen molar-refractivity contribution in [1.82, 2.24) is 5.32 Å². The number of allylic oxidation sites excluding steroid dienone is 4. The first kappa shape index (κ1) is 12.0. The third kappa shape index (κ3) is 4.30. The molecule has 2 rings (SSSR count). The number of aliphatic carboxylic acids is 1. The maximum Gasteiger partial charge on any atom is 0.320 e. The van der Waals surface area contributed by atoms with Gasteiger partial charge in [0.2, 0.25) is 0 Å². The van der Waals surface area contributed by atoms with Crippen LogP contribution in [0.4, 0.5) is 0 Å². The normalized spacial score (nSPS) is 23.3. The van der Waals surface area contributed by atoms with Crippen LogP contribution in [-0.2, 0) is 4.79 Å². The van der Waals surface area contributed by atoms with Crippen LogP contribution in [0.3, 0.4) is 0 Å². The van der Waals surface area contributed by atoms with Crippen molar-refractivity contribution in [2.75, 3.05) is 6.54 Å². The molecule has 0 saturated carbocycles. The van der Waals surface area contributed by atoms with E-state index in [2.05, 4.69) is 30.5 Å². The molecule has 1 atom stereocenters. The van der Waals surface area contributed by atoms with Gasteiger partial charge in [0.15, 0.2) is 0 Å². The minimum Gasteiger partial charge on any atom is -0.480 e. The van der Waals surface area contributed by atoms with E-state index in [1.165, 1.54) is 12.8 Å². The predicted molar refractivity (Wildman–Crippen MR) is 60.8 cm³/mol. The molecule has 1 unspecified atom stereocenters. The van der Waals surface area contributed by atoms with Crippen molar-refractivity contribution >= 4 is 5.97 Å². The van der Waals surface area contributed by atoms with Crippen molar-refractivity contribution in [3.8, 4) is 0 Å². The van der Waals surface area contributed by atoms with Gasteiger partial charge in [-0.2, -0.15) is 0 Å². The van der Waals surface area contributed by atoms with Gasteiger partial charge in [-0.05, 0) is 32.2 Å². The van der Waals surface area contributed by atoms with Crippen molar-refractivity contribution in [3.63, 3.8) is 0 Å². The maximum atomic E-state index is 10.1. The fourth-order valence-corrected chi connectivity index (χ4v) is 1.65. The van der Waals surface area contributed by atoms with Gasteiger partial charge in [0, 0.05) is 0 Å². The highest BCUT2D eigenvalue weighted by molar-refractivity contribution is 5.73. The molecule has 2 N–H and O–H groups in total. The molecule has 0 aromatic heterocycles. The highest BCUT2D eigenvalue weighted by atomic mass is 16.4. The van der Waals surface area contributed by atoms with E-state index in [1.807, 2.05) is 0 Å². The molecular formula is C12H19NO2. The van der Waals surface area contributed by atoms with Crippen LogP contribution >= 0.6 is 0 Å². The molecule has 15 heavy (non-hydrogen) atoms. The minimum atomic E-state index is -0.720. The van der Waals surface area contributed by atoms with Gasteiger partial charge < -0.3 is 10.4 Å². The standard InChI is InChI=1S/C7H10.C5H9NO2/c1-2-7-5-3-4-6-7;7-5(8)4-2-1-3-6-4/h3-5H,2,6H2,1H3;4,6H,1-3H2,(H,7,8). The Bertz CT molecular complexity index is 263. The Morgan fingerprint density at radius 1 is 1.67 bits per heavy atom. The molecule has 0 spiro atoms. The fraction of sp³-hybridized carbons (Fsp3) is 0.583. The third-order valence-corrected chi connectivity index (χ3v) is 2.66. The Morgan fingerprint density at radius 2 is 2.47 bits per heavy atom. The SMILES string of the molecule is CCC1=CC=CC1.O=C(O)C1CCCN1. The molecule has 1 aliphatic carbocycles. The van der Waals surface area contributed by atoms with E-state index in [-0.39, 0.29) is 6.04 Å². The van der Waals surface area contributed by atoms with Crippen molar-refractivity contribution in [3.05, 3.63) is 23.8 Å². The first-order chi connectivity index (χ1) is 7.24. The molecule has 3 heteroatoms. The zero-order valence-corrected chi connectivity index (χ0v) is 9.20. The molecule has 0 amide bonds. The quantitative estimate of drug-likeness (QED) is 0.732. The lowest BCUT2D eigenvalue weighted by molar-refractivity contribution is -0.139. The summed E-state index contributed by atoms with van der Waals surface area (Å²) < 4.78 is 0. The molecule has 1 saturated heterocycles. The molecule has 1 heterocycles. The summed E-state index contributed by atoms with van der Waals surface area (Å²) in [6.45, 7) is 3.05. The summed E-state index contributed by atoms with van der Waals surface area (Å²) >= 11 is 0. The smallest absolute Gasteiger partial charge is 0.320 e. The van der Waals surface area contributed by atoms with Gasteiger partial charge in [0.1, 0.15) is 6.04 Å². The van der Waals surface area contributed by atoms with Gasteiger partial charge in [0.05, 0.1) is 0 Å². The van der Waals surface area contributed by atoms with Crippen LogP contribution in [0.25, 0.3) is 0 Å². The molecule has 1 aliphatic heterocycles. The van der Waals surface area contributed by atoms with Gasteiger partial charge in [-0.3, -0.25) is 4.79 Å². The van der Waals surface area contributed by atoms with E-state index in [0.717, 1.165) is 19.4 Å². The first-order valence-electron chi connectivity index (χ1n) is 5.54. The Kier molecular flexibility index (Phi) is 5.12. The summed E-state index contributed by atoms with van der Waals surface area (Å²) in [5, 5.41) is 11.2. The highest BCUT2D eigenvalue weighted by Crippen LogP contribution is 2.12. The molecule has 0 bridgehead atoms. The van der Waals surface area contributed by atoms with E-state index < -0.39 is 5.97 Å². The summed E-state index contributed by atoms with van der Waals surface area (Å²) in [6.07, 6.45) is 10.7.